The number of aromatic nitrogens is 1. The Labute approximate surface area is 147 Å². The normalized spacial score (nSPS) is 21.2. The molecule has 1 aromatic heterocycles. The zero-order valence-corrected chi connectivity index (χ0v) is 14.4. The Hall–Kier alpha value is -2.15. The first-order valence-corrected chi connectivity index (χ1v) is 8.97. The van der Waals surface area contributed by atoms with Crippen molar-refractivity contribution < 1.29 is 19.4 Å². The summed E-state index contributed by atoms with van der Waals surface area (Å²) < 4.78 is 5.59. The molecule has 1 aromatic rings. The molecule has 3 heterocycles. The number of aromatic carboxylic acids is 1. The standard InChI is InChI=1S/C18H25N3O4/c22-17(7-5-15-3-1-12-25-15)21-9-2-8-20(10-11-21)16-6-4-14(13-19-16)18(23)24/h4,6,13,15H,1-3,5,7-12H2,(H,23,24)/t15-/m1/s1. The molecule has 1 amide bonds. The van der Waals surface area contributed by atoms with Crippen molar-refractivity contribution in [2.45, 2.75) is 38.2 Å². The molecule has 0 unspecified atom stereocenters. The van der Waals surface area contributed by atoms with Crippen LogP contribution in [0.3, 0.4) is 0 Å². The third-order valence-corrected chi connectivity index (χ3v) is 4.87. The Balaban J connectivity index is 1.50. The number of pyridine rings is 1. The van der Waals surface area contributed by atoms with E-state index in [0.717, 1.165) is 51.2 Å². The van der Waals surface area contributed by atoms with Gasteiger partial charge >= 0.3 is 5.97 Å². The highest BCUT2D eigenvalue weighted by Crippen LogP contribution is 2.19. The number of amides is 1. The molecule has 0 saturated carbocycles. The monoisotopic (exact) mass is 347 g/mol. The average Bonchev–Trinajstić information content (AvgIpc) is 3.02. The molecular formula is C18H25N3O4. The minimum absolute atomic E-state index is 0.185. The second-order valence-electron chi connectivity index (χ2n) is 6.61. The largest absolute Gasteiger partial charge is 0.478 e. The zero-order valence-electron chi connectivity index (χ0n) is 14.4. The van der Waals surface area contributed by atoms with Crippen LogP contribution in [-0.2, 0) is 9.53 Å². The van der Waals surface area contributed by atoms with Crippen LogP contribution in [0.25, 0.3) is 0 Å². The molecule has 2 aliphatic heterocycles. The molecule has 2 aliphatic rings. The molecular weight excluding hydrogens is 322 g/mol. The maximum Gasteiger partial charge on any atom is 0.337 e. The molecule has 0 spiro atoms. The Morgan fingerprint density at radius 2 is 2.08 bits per heavy atom. The number of anilines is 1. The van der Waals surface area contributed by atoms with Crippen LogP contribution in [-0.4, -0.2) is 65.8 Å². The topological polar surface area (TPSA) is 83.0 Å². The van der Waals surface area contributed by atoms with E-state index in [4.69, 9.17) is 9.84 Å². The maximum atomic E-state index is 12.4. The van der Waals surface area contributed by atoms with Crippen molar-refractivity contribution in [3.05, 3.63) is 23.9 Å². The van der Waals surface area contributed by atoms with Gasteiger partial charge in [-0.05, 0) is 37.8 Å². The molecule has 25 heavy (non-hydrogen) atoms. The van der Waals surface area contributed by atoms with Crippen LogP contribution in [0, 0.1) is 0 Å². The third-order valence-electron chi connectivity index (χ3n) is 4.87. The van der Waals surface area contributed by atoms with E-state index < -0.39 is 5.97 Å². The first-order valence-electron chi connectivity index (χ1n) is 8.97. The summed E-state index contributed by atoms with van der Waals surface area (Å²) in [6, 6.07) is 3.30. The van der Waals surface area contributed by atoms with Gasteiger partial charge in [-0.1, -0.05) is 0 Å². The first kappa shape index (κ1) is 17.7. The second kappa shape index (κ2) is 8.29. The van der Waals surface area contributed by atoms with Gasteiger partial charge < -0.3 is 19.6 Å². The quantitative estimate of drug-likeness (QED) is 0.874. The van der Waals surface area contributed by atoms with Crippen molar-refractivity contribution in [3.63, 3.8) is 0 Å². The zero-order chi connectivity index (χ0) is 17.6. The Bertz CT molecular complexity index is 599. The molecule has 2 saturated heterocycles. The van der Waals surface area contributed by atoms with Gasteiger partial charge in [0.05, 0.1) is 11.7 Å². The summed E-state index contributed by atoms with van der Waals surface area (Å²) in [5, 5.41) is 8.95. The van der Waals surface area contributed by atoms with Gasteiger partial charge in [-0.25, -0.2) is 9.78 Å². The third kappa shape index (κ3) is 4.69. The lowest BCUT2D eigenvalue weighted by Gasteiger charge is -2.23. The van der Waals surface area contributed by atoms with Gasteiger partial charge in [0, 0.05) is 45.4 Å². The smallest absolute Gasteiger partial charge is 0.337 e. The van der Waals surface area contributed by atoms with Gasteiger partial charge in [-0.3, -0.25) is 4.79 Å². The number of carbonyl (C=O) groups is 2. The molecule has 0 bridgehead atoms. The van der Waals surface area contributed by atoms with Crippen LogP contribution >= 0.6 is 0 Å². The number of carbonyl (C=O) groups excluding carboxylic acids is 1. The first-order chi connectivity index (χ1) is 12.1. The van der Waals surface area contributed by atoms with Crippen molar-refractivity contribution in [2.75, 3.05) is 37.7 Å². The van der Waals surface area contributed by atoms with E-state index in [2.05, 4.69) is 9.88 Å². The van der Waals surface area contributed by atoms with Gasteiger partial charge in [0.2, 0.25) is 5.91 Å². The molecule has 1 N–H and O–H groups in total. The van der Waals surface area contributed by atoms with Crippen LogP contribution in [0.15, 0.2) is 18.3 Å². The van der Waals surface area contributed by atoms with Gasteiger partial charge in [-0.15, -0.1) is 0 Å². The van der Waals surface area contributed by atoms with Crippen LogP contribution in [0.1, 0.15) is 42.5 Å². The maximum absolute atomic E-state index is 12.4. The highest BCUT2D eigenvalue weighted by molar-refractivity contribution is 5.87. The minimum atomic E-state index is -0.974. The number of carboxylic acid groups (broad SMARTS) is 1. The number of carboxylic acids is 1. The van der Waals surface area contributed by atoms with Crippen LogP contribution < -0.4 is 4.90 Å². The van der Waals surface area contributed by atoms with Gasteiger partial charge in [0.15, 0.2) is 0 Å². The highest BCUT2D eigenvalue weighted by atomic mass is 16.5. The summed E-state index contributed by atoms with van der Waals surface area (Å²) in [5.41, 5.74) is 0.185. The average molecular weight is 347 g/mol. The molecule has 0 radical (unpaired) electrons. The van der Waals surface area contributed by atoms with Crippen molar-refractivity contribution in [2.24, 2.45) is 0 Å². The van der Waals surface area contributed by atoms with E-state index in [0.29, 0.717) is 19.5 Å². The van der Waals surface area contributed by atoms with Crippen LogP contribution in [0.4, 0.5) is 5.82 Å². The van der Waals surface area contributed by atoms with Gasteiger partial charge in [0.25, 0.3) is 0 Å². The van der Waals surface area contributed by atoms with Crippen molar-refractivity contribution in [1.29, 1.82) is 0 Å². The van der Waals surface area contributed by atoms with E-state index in [1.807, 2.05) is 4.90 Å². The summed E-state index contributed by atoms with van der Waals surface area (Å²) in [7, 11) is 0. The van der Waals surface area contributed by atoms with E-state index in [9.17, 15) is 9.59 Å². The fraction of sp³-hybridized carbons (Fsp3) is 0.611. The lowest BCUT2D eigenvalue weighted by Crippen LogP contribution is -2.35. The summed E-state index contributed by atoms with van der Waals surface area (Å²) in [6.07, 6.45) is 6.06. The van der Waals surface area contributed by atoms with E-state index >= 15 is 0 Å². The Kier molecular flexibility index (Phi) is 5.86. The van der Waals surface area contributed by atoms with Crippen LogP contribution in [0.5, 0.6) is 0 Å². The molecule has 7 nitrogen and oxygen atoms in total. The predicted octanol–water partition coefficient (Wildman–Crippen LogP) is 1.78. The minimum Gasteiger partial charge on any atom is -0.478 e. The summed E-state index contributed by atoms with van der Waals surface area (Å²) in [6.45, 7) is 3.78. The van der Waals surface area contributed by atoms with E-state index in [1.54, 1.807) is 12.1 Å². The summed E-state index contributed by atoms with van der Waals surface area (Å²) >= 11 is 0. The molecule has 2 fully saturated rings. The summed E-state index contributed by atoms with van der Waals surface area (Å²) in [4.78, 5) is 31.6. The molecule has 0 aromatic carbocycles. The van der Waals surface area contributed by atoms with Gasteiger partial charge in [-0.2, -0.15) is 0 Å². The Morgan fingerprint density at radius 1 is 1.20 bits per heavy atom. The molecule has 3 rings (SSSR count). The van der Waals surface area contributed by atoms with E-state index in [-0.39, 0.29) is 17.6 Å². The van der Waals surface area contributed by atoms with Crippen molar-refractivity contribution in [1.82, 2.24) is 9.88 Å². The summed E-state index contributed by atoms with van der Waals surface area (Å²) in [5.74, 6) is -0.0110. The lowest BCUT2D eigenvalue weighted by molar-refractivity contribution is -0.131. The SMILES string of the molecule is O=C(O)c1ccc(N2CCCN(C(=O)CC[C@H]3CCCO3)CC2)nc1. The number of hydrogen-bond acceptors (Lipinski definition) is 5. The second-order valence-corrected chi connectivity index (χ2v) is 6.61. The van der Waals surface area contributed by atoms with Crippen molar-refractivity contribution >= 4 is 17.7 Å². The number of hydrogen-bond donors (Lipinski definition) is 1. The lowest BCUT2D eigenvalue weighted by atomic mass is 10.1. The highest BCUT2D eigenvalue weighted by Gasteiger charge is 2.22. The molecule has 1 atom stereocenters. The number of rotatable bonds is 5. The number of ether oxygens (including phenoxy) is 1. The number of nitrogens with zero attached hydrogens (tertiary/aromatic N) is 3. The molecule has 136 valence electrons. The van der Waals surface area contributed by atoms with Crippen molar-refractivity contribution in [3.8, 4) is 0 Å². The fourth-order valence-corrected chi connectivity index (χ4v) is 3.41. The van der Waals surface area contributed by atoms with Gasteiger partial charge in [0.1, 0.15) is 5.82 Å². The van der Waals surface area contributed by atoms with Crippen LogP contribution in [0.2, 0.25) is 0 Å². The van der Waals surface area contributed by atoms with E-state index in [1.165, 1.54) is 6.20 Å². The predicted molar refractivity (Wildman–Crippen MR) is 92.8 cm³/mol. The Morgan fingerprint density at radius 3 is 2.76 bits per heavy atom. The molecule has 7 heteroatoms. The molecule has 0 aliphatic carbocycles. The fourth-order valence-electron chi connectivity index (χ4n) is 3.41.